The van der Waals surface area contributed by atoms with Gasteiger partial charge in [-0.2, -0.15) is 0 Å². The van der Waals surface area contributed by atoms with Crippen LogP contribution in [-0.4, -0.2) is 36.2 Å². The second-order valence-electron chi connectivity index (χ2n) is 4.88. The number of hydrogen-bond acceptors (Lipinski definition) is 3. The lowest BCUT2D eigenvalue weighted by Crippen LogP contribution is -2.39. The summed E-state index contributed by atoms with van der Waals surface area (Å²) in [5.74, 6) is -0.0411. The van der Waals surface area contributed by atoms with Gasteiger partial charge >= 0.3 is 0 Å². The number of rotatable bonds is 6. The van der Waals surface area contributed by atoms with E-state index >= 15 is 0 Å². The van der Waals surface area contributed by atoms with Crippen LogP contribution in [0.3, 0.4) is 0 Å². The number of ketones is 1. The zero-order valence-corrected chi connectivity index (χ0v) is 13.1. The van der Waals surface area contributed by atoms with E-state index in [1.54, 1.807) is 24.1 Å². The highest BCUT2D eigenvalue weighted by atomic mass is 35.5. The van der Waals surface area contributed by atoms with E-state index in [-0.39, 0.29) is 43.0 Å². The van der Waals surface area contributed by atoms with Crippen molar-refractivity contribution in [3.8, 4) is 0 Å². The van der Waals surface area contributed by atoms with Gasteiger partial charge in [-0.3, -0.25) is 9.59 Å². The number of hydrogen-bond donors (Lipinski definition) is 1. The first-order valence-corrected chi connectivity index (χ1v) is 6.51. The average Bonchev–Trinajstić information content (AvgIpc) is 2.43. The number of aryl methyl sites for hydroxylation is 1. The summed E-state index contributed by atoms with van der Waals surface area (Å²) in [6.07, 6.45) is 0.469. The third-order valence-corrected chi connectivity index (χ3v) is 3.34. The lowest BCUT2D eigenvalue weighted by atomic mass is 10.0. The third-order valence-electron chi connectivity index (χ3n) is 3.34. The maximum absolute atomic E-state index is 11.9. The number of amides is 1. The minimum Gasteiger partial charge on any atom is -0.342 e. The molecule has 112 valence electrons. The summed E-state index contributed by atoms with van der Waals surface area (Å²) in [5.41, 5.74) is 7.29. The fraction of sp³-hybridized carbons (Fsp3) is 0.467. The van der Waals surface area contributed by atoms with Gasteiger partial charge in [0.2, 0.25) is 5.91 Å². The normalized spacial score (nSPS) is 11.4. The molecule has 1 aromatic rings. The Morgan fingerprint density at radius 2 is 1.75 bits per heavy atom. The Labute approximate surface area is 126 Å². The number of carbonyl (C=O) groups excluding carboxylic acids is 2. The highest BCUT2D eigenvalue weighted by molar-refractivity contribution is 5.97. The van der Waals surface area contributed by atoms with Crippen LogP contribution in [0.1, 0.15) is 35.7 Å². The second-order valence-corrected chi connectivity index (χ2v) is 4.88. The first-order valence-electron chi connectivity index (χ1n) is 6.51. The Morgan fingerprint density at radius 3 is 2.25 bits per heavy atom. The van der Waals surface area contributed by atoms with Crippen molar-refractivity contribution in [2.75, 3.05) is 13.6 Å². The van der Waals surface area contributed by atoms with Crippen LogP contribution in [0.15, 0.2) is 24.3 Å². The van der Waals surface area contributed by atoms with Crippen molar-refractivity contribution in [2.24, 2.45) is 5.73 Å². The van der Waals surface area contributed by atoms with Crippen LogP contribution in [0, 0.1) is 6.92 Å². The van der Waals surface area contributed by atoms with Crippen LogP contribution < -0.4 is 5.73 Å². The first kappa shape index (κ1) is 18.6. The van der Waals surface area contributed by atoms with Crippen molar-refractivity contribution < 1.29 is 9.59 Å². The van der Waals surface area contributed by atoms with Crippen LogP contribution in [0.2, 0.25) is 0 Å². The van der Waals surface area contributed by atoms with Gasteiger partial charge in [-0.25, -0.2) is 0 Å². The molecule has 0 saturated carbocycles. The highest BCUT2D eigenvalue weighted by Crippen LogP contribution is 2.09. The van der Waals surface area contributed by atoms with Gasteiger partial charge in [0, 0.05) is 38.0 Å². The van der Waals surface area contributed by atoms with Crippen LogP contribution in [0.4, 0.5) is 0 Å². The summed E-state index contributed by atoms with van der Waals surface area (Å²) in [7, 11) is 1.72. The van der Waals surface area contributed by atoms with E-state index in [1.165, 1.54) is 0 Å². The molecule has 0 aliphatic heterocycles. The summed E-state index contributed by atoms with van der Waals surface area (Å²) in [4.78, 5) is 25.4. The number of carbonyl (C=O) groups is 2. The predicted molar refractivity (Wildman–Crippen MR) is 83.3 cm³/mol. The number of halogens is 1. The van der Waals surface area contributed by atoms with E-state index in [4.69, 9.17) is 5.73 Å². The number of Topliss-reactive ketones (excluding diaryl/α,β-unsaturated/α-hetero) is 1. The minimum absolute atomic E-state index is 0. The van der Waals surface area contributed by atoms with Crippen molar-refractivity contribution in [1.29, 1.82) is 0 Å². The Balaban J connectivity index is 0.00000361. The summed E-state index contributed by atoms with van der Waals surface area (Å²) >= 11 is 0. The van der Waals surface area contributed by atoms with Gasteiger partial charge in [0.15, 0.2) is 5.78 Å². The molecule has 0 aromatic heterocycles. The summed E-state index contributed by atoms with van der Waals surface area (Å²) in [6.45, 7) is 4.29. The molecular formula is C15H23ClN2O2. The van der Waals surface area contributed by atoms with Gasteiger partial charge in [0.1, 0.15) is 0 Å². The molecule has 0 bridgehead atoms. The summed E-state index contributed by atoms with van der Waals surface area (Å²) in [5, 5.41) is 0. The van der Waals surface area contributed by atoms with Gasteiger partial charge in [-0.05, 0) is 13.8 Å². The molecular weight excluding hydrogens is 276 g/mol. The maximum Gasteiger partial charge on any atom is 0.223 e. The average molecular weight is 299 g/mol. The van der Waals surface area contributed by atoms with Gasteiger partial charge in [0.05, 0.1) is 0 Å². The molecule has 1 unspecified atom stereocenters. The van der Waals surface area contributed by atoms with E-state index in [9.17, 15) is 9.59 Å². The lowest BCUT2D eigenvalue weighted by molar-refractivity contribution is -0.131. The van der Waals surface area contributed by atoms with Gasteiger partial charge in [0.25, 0.3) is 0 Å². The molecule has 4 nitrogen and oxygen atoms in total. The monoisotopic (exact) mass is 298 g/mol. The smallest absolute Gasteiger partial charge is 0.223 e. The summed E-state index contributed by atoms with van der Waals surface area (Å²) in [6, 6.07) is 7.40. The largest absolute Gasteiger partial charge is 0.342 e. The van der Waals surface area contributed by atoms with Gasteiger partial charge < -0.3 is 10.6 Å². The van der Waals surface area contributed by atoms with E-state index < -0.39 is 0 Å². The molecule has 2 N–H and O–H groups in total. The second kappa shape index (κ2) is 8.72. The molecule has 0 heterocycles. The van der Waals surface area contributed by atoms with Crippen molar-refractivity contribution in [3.05, 3.63) is 35.4 Å². The molecule has 0 saturated heterocycles. The lowest BCUT2D eigenvalue weighted by Gasteiger charge is -2.23. The molecule has 1 aromatic carbocycles. The van der Waals surface area contributed by atoms with Crippen molar-refractivity contribution in [1.82, 2.24) is 4.90 Å². The zero-order chi connectivity index (χ0) is 14.4. The maximum atomic E-state index is 11.9. The molecule has 0 radical (unpaired) electrons. The minimum atomic E-state index is -0.0431. The van der Waals surface area contributed by atoms with Crippen molar-refractivity contribution in [2.45, 2.75) is 32.7 Å². The van der Waals surface area contributed by atoms with Crippen LogP contribution >= 0.6 is 12.4 Å². The third kappa shape index (κ3) is 5.31. The Bertz CT molecular complexity index is 446. The Morgan fingerprint density at radius 1 is 1.20 bits per heavy atom. The predicted octanol–water partition coefficient (Wildman–Crippen LogP) is 2.19. The van der Waals surface area contributed by atoms with Crippen molar-refractivity contribution in [3.63, 3.8) is 0 Å². The number of nitrogens with two attached hydrogens (primary N) is 1. The topological polar surface area (TPSA) is 63.4 Å². The van der Waals surface area contributed by atoms with Crippen LogP contribution in [0.25, 0.3) is 0 Å². The Hall–Kier alpha value is -1.39. The van der Waals surface area contributed by atoms with E-state index in [1.807, 2.05) is 26.0 Å². The molecule has 1 amide bonds. The molecule has 5 heteroatoms. The molecule has 0 fully saturated rings. The molecule has 0 aliphatic carbocycles. The van der Waals surface area contributed by atoms with Crippen molar-refractivity contribution >= 4 is 24.1 Å². The van der Waals surface area contributed by atoms with E-state index in [2.05, 4.69) is 0 Å². The fourth-order valence-corrected chi connectivity index (χ4v) is 1.68. The standard InChI is InChI=1S/C15H22N2O2.ClH/c1-11-4-6-13(7-5-11)14(18)8-9-15(19)17(3)12(2)10-16;/h4-7,12H,8-10,16H2,1-3H3;1H. The summed E-state index contributed by atoms with van der Waals surface area (Å²) < 4.78 is 0. The molecule has 1 atom stereocenters. The quantitative estimate of drug-likeness (QED) is 0.819. The molecule has 0 spiro atoms. The van der Waals surface area contributed by atoms with Gasteiger partial charge in [-0.1, -0.05) is 29.8 Å². The van der Waals surface area contributed by atoms with Crippen LogP contribution in [-0.2, 0) is 4.79 Å². The Kier molecular flexibility index (Phi) is 8.11. The first-order chi connectivity index (χ1) is 8.95. The van der Waals surface area contributed by atoms with Crippen LogP contribution in [0.5, 0.6) is 0 Å². The fourth-order valence-electron chi connectivity index (χ4n) is 1.68. The molecule has 1 rings (SSSR count). The van der Waals surface area contributed by atoms with Gasteiger partial charge in [-0.15, -0.1) is 12.4 Å². The van der Waals surface area contributed by atoms with E-state index in [0.717, 1.165) is 5.56 Å². The number of nitrogens with zero attached hydrogens (tertiary/aromatic N) is 1. The molecule has 0 aliphatic rings. The highest BCUT2D eigenvalue weighted by Gasteiger charge is 2.16. The van der Waals surface area contributed by atoms with E-state index in [0.29, 0.717) is 12.1 Å². The zero-order valence-electron chi connectivity index (χ0n) is 12.3. The SMILES string of the molecule is Cc1ccc(C(=O)CCC(=O)N(C)C(C)CN)cc1.Cl. The number of benzene rings is 1. The molecule has 20 heavy (non-hydrogen) atoms. The number of likely N-dealkylation sites (N-methyl/N-ethyl adjacent to an activating group) is 1.